The van der Waals surface area contributed by atoms with Crippen LogP contribution >= 0.6 is 0 Å². The van der Waals surface area contributed by atoms with E-state index in [4.69, 9.17) is 20.4 Å². The summed E-state index contributed by atoms with van der Waals surface area (Å²) in [5.41, 5.74) is 12.1. The van der Waals surface area contributed by atoms with Crippen LogP contribution in [0.5, 0.6) is 0 Å². The normalized spacial score (nSPS) is 23.9. The summed E-state index contributed by atoms with van der Waals surface area (Å²) in [4.78, 5) is 14.2. The van der Waals surface area contributed by atoms with Gasteiger partial charge in [-0.1, -0.05) is 0 Å². The number of piperidine rings is 1. The lowest BCUT2D eigenvalue weighted by atomic mass is 9.73. The average molecular weight is 459 g/mol. The molecule has 0 bridgehead atoms. The number of hydrogen-bond acceptors (Lipinski definition) is 8. The third-order valence-electron chi connectivity index (χ3n) is 8.22. The van der Waals surface area contributed by atoms with E-state index in [-0.39, 0.29) is 17.6 Å². The zero-order valence-electron chi connectivity index (χ0n) is 19.7. The van der Waals surface area contributed by atoms with Gasteiger partial charge in [-0.3, -0.25) is 5.10 Å². The molecule has 2 aromatic heterocycles. The molecule has 0 unspecified atom stereocenters. The summed E-state index contributed by atoms with van der Waals surface area (Å²) < 4.78 is 5.86. The maximum Gasteiger partial charge on any atom is 0.183 e. The molecule has 176 valence electrons. The summed E-state index contributed by atoms with van der Waals surface area (Å²) in [6.45, 7) is 7.51. The fourth-order valence-electron chi connectivity index (χ4n) is 5.96. The zero-order valence-corrected chi connectivity index (χ0v) is 19.7. The van der Waals surface area contributed by atoms with E-state index < -0.39 is 0 Å². The number of anilines is 3. The summed E-state index contributed by atoms with van der Waals surface area (Å²) in [6, 6.07) is 6.33. The first-order chi connectivity index (χ1) is 16.5. The molecule has 3 N–H and O–H groups in total. The Morgan fingerprint density at radius 3 is 2.82 bits per heavy atom. The number of nitrogens with one attached hydrogen (secondary N) is 1. The fraction of sp³-hybridized carbons (Fsp3) is 0.520. The first kappa shape index (κ1) is 21.3. The van der Waals surface area contributed by atoms with Crippen LogP contribution in [0.4, 0.5) is 17.3 Å². The second-order valence-electron chi connectivity index (χ2n) is 9.97. The Morgan fingerprint density at radius 2 is 2.09 bits per heavy atom. The van der Waals surface area contributed by atoms with Gasteiger partial charge in [0.25, 0.3) is 0 Å². The van der Waals surface area contributed by atoms with Gasteiger partial charge >= 0.3 is 0 Å². The van der Waals surface area contributed by atoms with E-state index in [2.05, 4.69) is 33.0 Å². The van der Waals surface area contributed by atoms with Gasteiger partial charge in [0.15, 0.2) is 17.0 Å². The van der Waals surface area contributed by atoms with E-state index in [1.54, 1.807) is 0 Å². The van der Waals surface area contributed by atoms with Gasteiger partial charge < -0.3 is 20.3 Å². The smallest absolute Gasteiger partial charge is 0.183 e. The van der Waals surface area contributed by atoms with E-state index in [1.807, 2.05) is 25.3 Å². The van der Waals surface area contributed by atoms with Gasteiger partial charge in [-0.25, -0.2) is 9.97 Å². The number of nitrogens with two attached hydrogens (primary N) is 1. The van der Waals surface area contributed by atoms with Crippen LogP contribution in [-0.4, -0.2) is 58.6 Å². The van der Waals surface area contributed by atoms with E-state index in [0.29, 0.717) is 5.65 Å². The molecule has 5 heterocycles. The van der Waals surface area contributed by atoms with E-state index in [9.17, 15) is 5.26 Å². The van der Waals surface area contributed by atoms with Gasteiger partial charge in [0.2, 0.25) is 0 Å². The van der Waals surface area contributed by atoms with E-state index in [0.717, 1.165) is 85.9 Å². The Hall–Kier alpha value is -3.22. The van der Waals surface area contributed by atoms with Crippen LogP contribution in [-0.2, 0) is 11.2 Å². The molecule has 0 radical (unpaired) electrons. The number of aromatic nitrogens is 4. The SMILES string of the molecule is Cc1c(C#N)ccc2c1CCCN2c1n[nH]c2nc(N3CCC4(CC3)CO[C@@H](C)[C@H]4N)cnc12. The maximum atomic E-state index is 9.41. The van der Waals surface area contributed by atoms with Gasteiger partial charge in [-0.05, 0) is 62.8 Å². The molecule has 2 fully saturated rings. The highest BCUT2D eigenvalue weighted by atomic mass is 16.5. The Kier molecular flexibility index (Phi) is 4.97. The highest BCUT2D eigenvalue weighted by Gasteiger charge is 2.47. The third kappa shape index (κ3) is 3.16. The van der Waals surface area contributed by atoms with Gasteiger partial charge in [0, 0.05) is 36.8 Å². The highest BCUT2D eigenvalue weighted by Crippen LogP contribution is 2.42. The van der Waals surface area contributed by atoms with Gasteiger partial charge in [-0.15, -0.1) is 0 Å². The molecule has 6 rings (SSSR count). The van der Waals surface area contributed by atoms with Gasteiger partial charge in [0.1, 0.15) is 5.82 Å². The average Bonchev–Trinajstić information content (AvgIpc) is 3.41. The molecular formula is C25H30N8O. The summed E-state index contributed by atoms with van der Waals surface area (Å²) >= 11 is 0. The highest BCUT2D eigenvalue weighted by molar-refractivity contribution is 5.88. The minimum Gasteiger partial charge on any atom is -0.376 e. The molecule has 3 aromatic rings. The van der Waals surface area contributed by atoms with Crippen LogP contribution in [0.1, 0.15) is 42.9 Å². The van der Waals surface area contributed by atoms with Crippen molar-refractivity contribution < 1.29 is 4.74 Å². The molecule has 3 aliphatic heterocycles. The van der Waals surface area contributed by atoms with Crippen LogP contribution in [0.25, 0.3) is 11.2 Å². The van der Waals surface area contributed by atoms with Crippen molar-refractivity contribution >= 4 is 28.5 Å². The molecule has 0 aliphatic carbocycles. The molecule has 9 heteroatoms. The van der Waals surface area contributed by atoms with E-state index >= 15 is 0 Å². The molecule has 9 nitrogen and oxygen atoms in total. The van der Waals surface area contributed by atoms with Crippen LogP contribution in [0.3, 0.4) is 0 Å². The number of hydrogen-bond donors (Lipinski definition) is 2. The first-order valence-electron chi connectivity index (χ1n) is 12.1. The minimum atomic E-state index is 0.0831. The molecule has 2 saturated heterocycles. The van der Waals surface area contributed by atoms with Gasteiger partial charge in [-0.2, -0.15) is 10.4 Å². The van der Waals surface area contributed by atoms with Crippen molar-refractivity contribution in [3.63, 3.8) is 0 Å². The Morgan fingerprint density at radius 1 is 1.26 bits per heavy atom. The monoisotopic (exact) mass is 458 g/mol. The second kappa shape index (κ2) is 7.93. The Bertz CT molecular complexity index is 1290. The number of ether oxygens (including phenoxy) is 1. The summed E-state index contributed by atoms with van der Waals surface area (Å²) in [5, 5.41) is 17.1. The van der Waals surface area contributed by atoms with Crippen molar-refractivity contribution in [1.82, 2.24) is 20.2 Å². The Labute approximate surface area is 198 Å². The number of benzene rings is 1. The summed E-state index contributed by atoms with van der Waals surface area (Å²) in [7, 11) is 0. The van der Waals surface area contributed by atoms with Crippen molar-refractivity contribution in [1.29, 1.82) is 5.26 Å². The number of nitriles is 1. The van der Waals surface area contributed by atoms with Crippen LogP contribution in [0.2, 0.25) is 0 Å². The molecule has 34 heavy (non-hydrogen) atoms. The number of aromatic amines is 1. The van der Waals surface area contributed by atoms with Crippen molar-refractivity contribution in [2.45, 2.75) is 51.7 Å². The molecular weight excluding hydrogens is 428 g/mol. The molecule has 0 amide bonds. The molecule has 1 aromatic carbocycles. The fourth-order valence-corrected chi connectivity index (χ4v) is 5.96. The van der Waals surface area contributed by atoms with Crippen molar-refractivity contribution in [3.8, 4) is 6.07 Å². The minimum absolute atomic E-state index is 0.0831. The topological polar surface area (TPSA) is 120 Å². The summed E-state index contributed by atoms with van der Waals surface area (Å²) in [6.07, 6.45) is 5.96. The summed E-state index contributed by atoms with van der Waals surface area (Å²) in [5.74, 6) is 1.66. The number of rotatable bonds is 2. The first-order valence-corrected chi connectivity index (χ1v) is 12.1. The van der Waals surface area contributed by atoms with E-state index in [1.165, 1.54) is 5.56 Å². The lowest BCUT2D eigenvalue weighted by molar-refractivity contribution is 0.0974. The van der Waals surface area contributed by atoms with Crippen LogP contribution in [0, 0.1) is 23.7 Å². The van der Waals surface area contributed by atoms with Crippen molar-refractivity contribution in [2.24, 2.45) is 11.1 Å². The number of nitrogens with zero attached hydrogens (tertiary/aromatic N) is 6. The van der Waals surface area contributed by atoms with Crippen molar-refractivity contribution in [2.75, 3.05) is 36.0 Å². The van der Waals surface area contributed by atoms with Gasteiger partial charge in [0.05, 0.1) is 30.5 Å². The number of H-pyrrole nitrogens is 1. The van der Waals surface area contributed by atoms with Crippen LogP contribution < -0.4 is 15.5 Å². The molecule has 1 spiro atoms. The molecule has 3 aliphatic rings. The predicted molar refractivity (Wildman–Crippen MR) is 130 cm³/mol. The second-order valence-corrected chi connectivity index (χ2v) is 9.97. The zero-order chi connectivity index (χ0) is 23.4. The maximum absolute atomic E-state index is 9.41. The lowest BCUT2D eigenvalue weighted by Crippen LogP contribution is -2.50. The number of fused-ring (bicyclic) bond motifs is 2. The third-order valence-corrected chi connectivity index (χ3v) is 8.22. The largest absolute Gasteiger partial charge is 0.376 e. The Balaban J connectivity index is 1.27. The lowest BCUT2D eigenvalue weighted by Gasteiger charge is -2.41. The molecule has 2 atom stereocenters. The molecule has 0 saturated carbocycles. The van der Waals surface area contributed by atoms with Crippen molar-refractivity contribution in [3.05, 3.63) is 35.0 Å². The standard InChI is InChI=1S/C25H30N8O/c1-15-17(12-26)5-6-19-18(15)4-3-9-33(19)24-21-23(30-31-24)29-20(13-28-21)32-10-7-25(8-11-32)14-34-16(2)22(25)27/h5-6,13,16,22H,3-4,7-11,14,27H2,1-2H3,(H,29,30,31)/t16-,22+/m0/s1. The predicted octanol–water partition coefficient (Wildman–Crippen LogP) is 2.95. The van der Waals surface area contributed by atoms with Crippen LogP contribution in [0.15, 0.2) is 18.3 Å². The quantitative estimate of drug-likeness (QED) is 0.601.